The minimum Gasteiger partial charge on any atom is -0.493 e. The van der Waals surface area contributed by atoms with Crippen LogP contribution in [0.2, 0.25) is 0 Å². The molecule has 2 heterocycles. The second kappa shape index (κ2) is 10.4. The highest BCUT2D eigenvalue weighted by molar-refractivity contribution is 5.91. The van der Waals surface area contributed by atoms with Gasteiger partial charge in [0, 0.05) is 26.2 Å². The predicted molar refractivity (Wildman–Crippen MR) is 115 cm³/mol. The third kappa shape index (κ3) is 5.11. The average molecular weight is 416 g/mol. The third-order valence-electron chi connectivity index (χ3n) is 5.57. The van der Waals surface area contributed by atoms with E-state index in [1.165, 1.54) is 5.56 Å². The van der Waals surface area contributed by atoms with Gasteiger partial charge in [0.05, 0.1) is 26.0 Å². The molecule has 0 radical (unpaired) electrons. The van der Waals surface area contributed by atoms with Crippen LogP contribution in [0.1, 0.15) is 55.7 Å². The molecule has 0 spiro atoms. The fraction of sp³-hybridized carbons (Fsp3) is 0.591. The zero-order valence-electron chi connectivity index (χ0n) is 18.5. The van der Waals surface area contributed by atoms with Crippen molar-refractivity contribution in [1.29, 1.82) is 0 Å². The van der Waals surface area contributed by atoms with E-state index >= 15 is 0 Å². The first-order valence-corrected chi connectivity index (χ1v) is 10.8. The van der Waals surface area contributed by atoms with Crippen LogP contribution in [0.4, 0.5) is 0 Å². The number of nitrogens with zero attached hydrogens (tertiary/aromatic N) is 5. The van der Waals surface area contributed by atoms with Crippen molar-refractivity contribution in [1.82, 2.24) is 24.8 Å². The maximum atomic E-state index is 12.5. The van der Waals surface area contributed by atoms with Gasteiger partial charge in [0.2, 0.25) is 0 Å². The Balaban J connectivity index is 1.66. The quantitative estimate of drug-likeness (QED) is 0.627. The van der Waals surface area contributed by atoms with Crippen LogP contribution >= 0.6 is 0 Å². The summed E-state index contributed by atoms with van der Waals surface area (Å²) in [6.45, 7) is 10.6. The molecular weight excluding hydrogens is 382 g/mol. The lowest BCUT2D eigenvalue weighted by atomic mass is 10.0. The van der Waals surface area contributed by atoms with Gasteiger partial charge in [-0.25, -0.2) is 4.68 Å². The van der Waals surface area contributed by atoms with Gasteiger partial charge < -0.3 is 14.4 Å². The molecule has 1 saturated heterocycles. The van der Waals surface area contributed by atoms with Gasteiger partial charge in [-0.2, -0.15) is 0 Å². The molecule has 1 aromatic carbocycles. The van der Waals surface area contributed by atoms with Crippen molar-refractivity contribution in [2.24, 2.45) is 0 Å². The number of ether oxygens (including phenoxy) is 2. The largest absolute Gasteiger partial charge is 0.493 e. The van der Waals surface area contributed by atoms with Gasteiger partial charge >= 0.3 is 0 Å². The number of likely N-dealkylation sites (tertiary alicyclic amines) is 1. The SMILES string of the molecule is CCOc1cc(CN2CCC[C@H](n3cc(C(=O)N(CC)CC)nn3)C2)ccc1OC. The summed E-state index contributed by atoms with van der Waals surface area (Å²) in [6, 6.07) is 6.32. The fourth-order valence-electron chi connectivity index (χ4n) is 3.96. The van der Waals surface area contributed by atoms with Crippen LogP contribution in [0.5, 0.6) is 11.5 Å². The molecule has 1 aliphatic rings. The summed E-state index contributed by atoms with van der Waals surface area (Å²) in [6.07, 6.45) is 3.92. The van der Waals surface area contributed by atoms with E-state index < -0.39 is 0 Å². The topological polar surface area (TPSA) is 72.7 Å². The van der Waals surface area contributed by atoms with E-state index in [2.05, 4.69) is 27.3 Å². The number of piperidine rings is 1. The zero-order chi connectivity index (χ0) is 21.5. The Labute approximate surface area is 178 Å². The summed E-state index contributed by atoms with van der Waals surface area (Å²) in [5, 5.41) is 8.41. The number of rotatable bonds is 9. The number of carbonyl (C=O) groups excluding carboxylic acids is 1. The summed E-state index contributed by atoms with van der Waals surface area (Å²) < 4.78 is 13.0. The lowest BCUT2D eigenvalue weighted by Crippen LogP contribution is -2.36. The first-order valence-electron chi connectivity index (χ1n) is 10.8. The van der Waals surface area contributed by atoms with E-state index in [-0.39, 0.29) is 11.9 Å². The van der Waals surface area contributed by atoms with Crippen molar-refractivity contribution in [3.8, 4) is 11.5 Å². The number of benzene rings is 1. The molecule has 0 aliphatic carbocycles. The number of hydrogen-bond donors (Lipinski definition) is 0. The lowest BCUT2D eigenvalue weighted by molar-refractivity contribution is 0.0767. The standard InChI is InChI=1S/C22H33N5O3/c1-5-26(6-2)22(28)19-16-27(24-23-19)18-9-8-12-25(15-18)14-17-10-11-20(29-4)21(13-17)30-7-3/h10-11,13,16,18H,5-9,12,14-15H2,1-4H3/t18-/m0/s1. The fourth-order valence-corrected chi connectivity index (χ4v) is 3.96. The highest BCUT2D eigenvalue weighted by Gasteiger charge is 2.24. The molecule has 8 heteroatoms. The zero-order valence-corrected chi connectivity index (χ0v) is 18.5. The minimum absolute atomic E-state index is 0.0550. The highest BCUT2D eigenvalue weighted by Crippen LogP contribution is 2.29. The molecule has 1 atom stereocenters. The molecule has 0 N–H and O–H groups in total. The number of hydrogen-bond acceptors (Lipinski definition) is 6. The number of methoxy groups -OCH3 is 1. The van der Waals surface area contributed by atoms with Gasteiger partial charge in [0.1, 0.15) is 0 Å². The van der Waals surface area contributed by atoms with Gasteiger partial charge in [0.15, 0.2) is 17.2 Å². The number of carbonyl (C=O) groups is 1. The van der Waals surface area contributed by atoms with Gasteiger partial charge in [-0.15, -0.1) is 5.10 Å². The molecule has 2 aromatic rings. The molecular formula is C22H33N5O3. The maximum absolute atomic E-state index is 12.5. The van der Waals surface area contributed by atoms with Gasteiger partial charge in [-0.1, -0.05) is 11.3 Å². The van der Waals surface area contributed by atoms with Crippen LogP contribution in [0.15, 0.2) is 24.4 Å². The van der Waals surface area contributed by atoms with Crippen LogP contribution in [0.25, 0.3) is 0 Å². The van der Waals surface area contributed by atoms with E-state index in [1.54, 1.807) is 18.2 Å². The summed E-state index contributed by atoms with van der Waals surface area (Å²) in [7, 11) is 1.66. The molecule has 3 rings (SSSR count). The monoisotopic (exact) mass is 415 g/mol. The van der Waals surface area contributed by atoms with E-state index in [4.69, 9.17) is 9.47 Å². The Morgan fingerprint density at radius 3 is 2.73 bits per heavy atom. The van der Waals surface area contributed by atoms with Crippen LogP contribution < -0.4 is 9.47 Å². The Hall–Kier alpha value is -2.61. The summed E-state index contributed by atoms with van der Waals surface area (Å²) in [5.74, 6) is 1.48. The highest BCUT2D eigenvalue weighted by atomic mass is 16.5. The summed E-state index contributed by atoms with van der Waals surface area (Å²) in [5.41, 5.74) is 1.61. The van der Waals surface area contributed by atoms with E-state index in [9.17, 15) is 4.79 Å². The number of amides is 1. The molecule has 0 unspecified atom stereocenters. The van der Waals surface area contributed by atoms with Crippen LogP contribution in [-0.4, -0.2) is 70.6 Å². The van der Waals surface area contributed by atoms with Gasteiger partial charge in [-0.05, 0) is 57.9 Å². The Morgan fingerprint density at radius 2 is 2.03 bits per heavy atom. The Kier molecular flexibility index (Phi) is 7.68. The molecule has 1 amide bonds. The second-order valence-corrected chi connectivity index (χ2v) is 7.51. The first kappa shape index (κ1) is 22.1. The van der Waals surface area contributed by atoms with Crippen LogP contribution in [-0.2, 0) is 6.54 Å². The Morgan fingerprint density at radius 1 is 1.23 bits per heavy atom. The van der Waals surface area contributed by atoms with Gasteiger partial charge in [0.25, 0.3) is 5.91 Å². The second-order valence-electron chi connectivity index (χ2n) is 7.51. The normalized spacial score (nSPS) is 17.0. The van der Waals surface area contributed by atoms with Crippen molar-refractivity contribution < 1.29 is 14.3 Å². The van der Waals surface area contributed by atoms with E-state index in [0.717, 1.165) is 44.0 Å². The van der Waals surface area contributed by atoms with E-state index in [1.807, 2.05) is 31.5 Å². The summed E-state index contributed by atoms with van der Waals surface area (Å²) in [4.78, 5) is 16.7. The van der Waals surface area contributed by atoms with Crippen molar-refractivity contribution in [2.45, 2.75) is 46.2 Å². The maximum Gasteiger partial charge on any atom is 0.276 e. The van der Waals surface area contributed by atoms with Crippen molar-refractivity contribution in [2.75, 3.05) is 39.9 Å². The molecule has 164 valence electrons. The molecule has 8 nitrogen and oxygen atoms in total. The average Bonchev–Trinajstić information content (AvgIpc) is 3.26. The first-order chi connectivity index (χ1) is 14.6. The molecule has 1 fully saturated rings. The minimum atomic E-state index is -0.0550. The van der Waals surface area contributed by atoms with Crippen molar-refractivity contribution >= 4 is 5.91 Å². The molecule has 0 saturated carbocycles. The molecule has 1 aromatic heterocycles. The predicted octanol–water partition coefficient (Wildman–Crippen LogP) is 3.00. The van der Waals surface area contributed by atoms with E-state index in [0.29, 0.717) is 25.4 Å². The molecule has 30 heavy (non-hydrogen) atoms. The van der Waals surface area contributed by atoms with Gasteiger partial charge in [-0.3, -0.25) is 9.69 Å². The van der Waals surface area contributed by atoms with Crippen LogP contribution in [0, 0.1) is 0 Å². The molecule has 1 aliphatic heterocycles. The Bertz CT molecular complexity index is 834. The third-order valence-corrected chi connectivity index (χ3v) is 5.57. The van der Waals surface area contributed by atoms with Crippen molar-refractivity contribution in [3.63, 3.8) is 0 Å². The van der Waals surface area contributed by atoms with Crippen molar-refractivity contribution in [3.05, 3.63) is 35.7 Å². The lowest BCUT2D eigenvalue weighted by Gasteiger charge is -2.32. The smallest absolute Gasteiger partial charge is 0.276 e. The van der Waals surface area contributed by atoms with Crippen LogP contribution in [0.3, 0.4) is 0 Å². The summed E-state index contributed by atoms with van der Waals surface area (Å²) >= 11 is 0. The number of aromatic nitrogens is 3. The molecule has 0 bridgehead atoms.